The van der Waals surface area contributed by atoms with Crippen LogP contribution in [0.15, 0.2) is 36.5 Å². The summed E-state index contributed by atoms with van der Waals surface area (Å²) in [5.41, 5.74) is 1.29. The Morgan fingerprint density at radius 3 is 2.80 bits per heavy atom. The van der Waals surface area contributed by atoms with Crippen molar-refractivity contribution in [2.24, 2.45) is 0 Å². The maximum absolute atomic E-state index is 12.4. The number of ether oxygens (including phenoxy) is 1. The molecule has 2 N–H and O–H groups in total. The molecule has 1 aliphatic rings. The lowest BCUT2D eigenvalue weighted by molar-refractivity contribution is 0.0945. The highest BCUT2D eigenvalue weighted by Gasteiger charge is 2.15. The molecule has 0 saturated heterocycles. The number of amides is 1. The molecule has 25 heavy (non-hydrogen) atoms. The third-order valence-corrected chi connectivity index (χ3v) is 4.46. The fourth-order valence-electron chi connectivity index (χ4n) is 3.10. The SMILES string of the molecule is COc1ccccc1CNC(=O)c1ccnc(NC2CCCCC2)n1. The van der Waals surface area contributed by atoms with Crippen molar-refractivity contribution in [2.75, 3.05) is 12.4 Å². The highest BCUT2D eigenvalue weighted by atomic mass is 16.5. The van der Waals surface area contributed by atoms with Gasteiger partial charge >= 0.3 is 0 Å². The minimum atomic E-state index is -0.222. The predicted molar refractivity (Wildman–Crippen MR) is 96.7 cm³/mol. The van der Waals surface area contributed by atoms with Gasteiger partial charge in [0.25, 0.3) is 5.91 Å². The van der Waals surface area contributed by atoms with Gasteiger partial charge in [0.15, 0.2) is 0 Å². The average molecular weight is 340 g/mol. The van der Waals surface area contributed by atoms with Gasteiger partial charge < -0.3 is 15.4 Å². The Labute approximate surface area is 148 Å². The predicted octanol–water partition coefficient (Wildman–Crippen LogP) is 3.16. The number of anilines is 1. The van der Waals surface area contributed by atoms with Gasteiger partial charge in [0.1, 0.15) is 11.4 Å². The van der Waals surface area contributed by atoms with Crippen molar-refractivity contribution in [1.29, 1.82) is 0 Å². The maximum Gasteiger partial charge on any atom is 0.270 e. The number of para-hydroxylation sites is 1. The van der Waals surface area contributed by atoms with Crippen LogP contribution in [0.1, 0.15) is 48.2 Å². The van der Waals surface area contributed by atoms with Gasteiger partial charge in [-0.05, 0) is 25.0 Å². The molecular formula is C19H24N4O2. The zero-order valence-electron chi connectivity index (χ0n) is 14.5. The Morgan fingerprint density at radius 1 is 1.20 bits per heavy atom. The fourth-order valence-corrected chi connectivity index (χ4v) is 3.10. The number of benzene rings is 1. The van der Waals surface area contributed by atoms with E-state index in [0.717, 1.165) is 24.2 Å². The molecule has 0 radical (unpaired) electrons. The van der Waals surface area contributed by atoms with E-state index in [9.17, 15) is 4.79 Å². The first-order valence-electron chi connectivity index (χ1n) is 8.76. The van der Waals surface area contributed by atoms with Crippen molar-refractivity contribution in [2.45, 2.75) is 44.7 Å². The van der Waals surface area contributed by atoms with E-state index >= 15 is 0 Å². The molecule has 132 valence electrons. The van der Waals surface area contributed by atoms with Crippen LogP contribution < -0.4 is 15.4 Å². The van der Waals surface area contributed by atoms with E-state index in [1.807, 2.05) is 24.3 Å². The van der Waals surface area contributed by atoms with Crippen LogP contribution in [0.3, 0.4) is 0 Å². The number of carbonyl (C=O) groups is 1. The molecule has 0 bridgehead atoms. The van der Waals surface area contributed by atoms with Crippen LogP contribution in [0.4, 0.5) is 5.95 Å². The van der Waals surface area contributed by atoms with Gasteiger partial charge in [0, 0.05) is 24.3 Å². The normalized spacial score (nSPS) is 14.8. The summed E-state index contributed by atoms with van der Waals surface area (Å²) in [6.45, 7) is 0.387. The molecule has 0 aliphatic heterocycles. The van der Waals surface area contributed by atoms with Crippen LogP contribution in [0.5, 0.6) is 5.75 Å². The first-order chi connectivity index (χ1) is 12.3. The summed E-state index contributed by atoms with van der Waals surface area (Å²) < 4.78 is 5.30. The van der Waals surface area contributed by atoms with Gasteiger partial charge in [0.2, 0.25) is 5.95 Å². The third kappa shape index (κ3) is 4.68. The monoisotopic (exact) mass is 340 g/mol. The van der Waals surface area contributed by atoms with Crippen molar-refractivity contribution in [1.82, 2.24) is 15.3 Å². The van der Waals surface area contributed by atoms with Crippen molar-refractivity contribution in [3.05, 3.63) is 47.8 Å². The number of aromatic nitrogens is 2. The quantitative estimate of drug-likeness (QED) is 0.845. The maximum atomic E-state index is 12.4. The second-order valence-electron chi connectivity index (χ2n) is 6.24. The zero-order valence-corrected chi connectivity index (χ0v) is 14.5. The zero-order chi connectivity index (χ0) is 17.5. The van der Waals surface area contributed by atoms with E-state index in [1.165, 1.54) is 19.3 Å². The topological polar surface area (TPSA) is 76.1 Å². The fraction of sp³-hybridized carbons (Fsp3) is 0.421. The molecule has 2 aromatic rings. The standard InChI is InChI=1S/C19H24N4O2/c1-25-17-10-6-5-7-14(17)13-21-18(24)16-11-12-20-19(23-16)22-15-8-3-2-4-9-15/h5-7,10-12,15H,2-4,8-9,13H2,1H3,(H,21,24)(H,20,22,23). The van der Waals surface area contributed by atoms with Crippen LogP contribution in [-0.4, -0.2) is 29.0 Å². The molecule has 1 heterocycles. The van der Waals surface area contributed by atoms with E-state index in [2.05, 4.69) is 20.6 Å². The molecule has 1 saturated carbocycles. The van der Waals surface area contributed by atoms with Gasteiger partial charge in [-0.15, -0.1) is 0 Å². The van der Waals surface area contributed by atoms with Gasteiger partial charge in [-0.1, -0.05) is 37.5 Å². The third-order valence-electron chi connectivity index (χ3n) is 4.46. The summed E-state index contributed by atoms with van der Waals surface area (Å²) in [4.78, 5) is 21.0. The second-order valence-corrected chi connectivity index (χ2v) is 6.24. The molecular weight excluding hydrogens is 316 g/mol. The Morgan fingerprint density at radius 2 is 2.00 bits per heavy atom. The van der Waals surface area contributed by atoms with E-state index in [0.29, 0.717) is 24.2 Å². The Balaban J connectivity index is 1.61. The minimum absolute atomic E-state index is 0.222. The van der Waals surface area contributed by atoms with Crippen molar-refractivity contribution in [3.63, 3.8) is 0 Å². The molecule has 6 nitrogen and oxygen atoms in total. The van der Waals surface area contributed by atoms with Crippen LogP contribution in [0.2, 0.25) is 0 Å². The van der Waals surface area contributed by atoms with E-state index in [4.69, 9.17) is 4.74 Å². The van der Waals surface area contributed by atoms with Crippen molar-refractivity contribution >= 4 is 11.9 Å². The number of rotatable bonds is 6. The van der Waals surface area contributed by atoms with Crippen LogP contribution >= 0.6 is 0 Å². The summed E-state index contributed by atoms with van der Waals surface area (Å²) in [7, 11) is 1.62. The highest BCUT2D eigenvalue weighted by molar-refractivity contribution is 5.92. The van der Waals surface area contributed by atoms with Gasteiger partial charge in [-0.3, -0.25) is 4.79 Å². The van der Waals surface area contributed by atoms with Gasteiger partial charge in [-0.2, -0.15) is 0 Å². The molecule has 1 aliphatic carbocycles. The van der Waals surface area contributed by atoms with Gasteiger partial charge in [-0.25, -0.2) is 9.97 Å². The molecule has 3 rings (SSSR count). The van der Waals surface area contributed by atoms with E-state index in [-0.39, 0.29) is 5.91 Å². The first kappa shape index (κ1) is 17.2. The Hall–Kier alpha value is -2.63. The Bertz CT molecular complexity index is 714. The summed E-state index contributed by atoms with van der Waals surface area (Å²) in [6.07, 6.45) is 7.65. The number of methoxy groups -OCH3 is 1. The minimum Gasteiger partial charge on any atom is -0.496 e. The molecule has 1 amide bonds. The number of nitrogens with one attached hydrogen (secondary N) is 2. The largest absolute Gasteiger partial charge is 0.496 e. The van der Waals surface area contributed by atoms with Crippen LogP contribution in [0, 0.1) is 0 Å². The summed E-state index contributed by atoms with van der Waals surface area (Å²) >= 11 is 0. The second kappa shape index (κ2) is 8.46. The summed E-state index contributed by atoms with van der Waals surface area (Å²) in [5.74, 6) is 1.06. The first-order valence-corrected chi connectivity index (χ1v) is 8.76. The summed E-state index contributed by atoms with van der Waals surface area (Å²) in [5, 5.41) is 6.23. The van der Waals surface area contributed by atoms with E-state index < -0.39 is 0 Å². The van der Waals surface area contributed by atoms with E-state index in [1.54, 1.807) is 19.4 Å². The number of carbonyl (C=O) groups excluding carboxylic acids is 1. The lowest BCUT2D eigenvalue weighted by atomic mass is 9.96. The molecule has 0 spiro atoms. The molecule has 0 atom stereocenters. The average Bonchev–Trinajstić information content (AvgIpc) is 2.67. The van der Waals surface area contributed by atoms with Gasteiger partial charge in [0.05, 0.1) is 7.11 Å². The van der Waals surface area contributed by atoms with Crippen LogP contribution in [-0.2, 0) is 6.54 Å². The molecule has 0 unspecified atom stereocenters. The van der Waals surface area contributed by atoms with Crippen molar-refractivity contribution < 1.29 is 9.53 Å². The molecule has 1 aromatic carbocycles. The number of hydrogen-bond donors (Lipinski definition) is 2. The molecule has 1 fully saturated rings. The number of nitrogens with zero attached hydrogens (tertiary/aromatic N) is 2. The lowest BCUT2D eigenvalue weighted by Crippen LogP contribution is -2.26. The molecule has 1 aromatic heterocycles. The highest BCUT2D eigenvalue weighted by Crippen LogP contribution is 2.20. The van der Waals surface area contributed by atoms with Crippen LogP contribution in [0.25, 0.3) is 0 Å². The summed E-state index contributed by atoms with van der Waals surface area (Å²) in [6, 6.07) is 9.65. The lowest BCUT2D eigenvalue weighted by Gasteiger charge is -2.22. The smallest absolute Gasteiger partial charge is 0.270 e. The van der Waals surface area contributed by atoms with Crippen molar-refractivity contribution in [3.8, 4) is 5.75 Å². The molecule has 6 heteroatoms. The number of hydrogen-bond acceptors (Lipinski definition) is 5. The Kier molecular flexibility index (Phi) is 5.82.